The van der Waals surface area contributed by atoms with E-state index in [0.717, 1.165) is 31.7 Å². The molecule has 0 amide bonds. The van der Waals surface area contributed by atoms with Gasteiger partial charge in [-0.05, 0) is 49.4 Å². The number of aromatic nitrogens is 1. The summed E-state index contributed by atoms with van der Waals surface area (Å²) >= 11 is 0. The number of halogens is 1. The van der Waals surface area contributed by atoms with Crippen molar-refractivity contribution in [2.24, 2.45) is 0 Å². The molecular weight excluding hydrogens is 409 g/mol. The molecule has 0 unspecified atom stereocenters. The third kappa shape index (κ3) is 4.33. The van der Waals surface area contributed by atoms with Crippen molar-refractivity contribution >= 4 is 33.9 Å². The number of aromatic carboxylic acids is 1. The van der Waals surface area contributed by atoms with Crippen LogP contribution in [-0.2, 0) is 6.42 Å². The molecule has 0 radical (unpaired) electrons. The Kier molecular flexibility index (Phi) is 6.17. The van der Waals surface area contributed by atoms with Crippen molar-refractivity contribution in [1.82, 2.24) is 4.57 Å². The lowest BCUT2D eigenvalue weighted by atomic mass is 10.1. The molecule has 168 valence electrons. The highest BCUT2D eigenvalue weighted by Crippen LogP contribution is 2.41. The number of nitrogen functional groups attached to an aromatic ring is 1. The number of hydrogen-bond acceptors (Lipinski definition) is 4. The first-order valence-electron chi connectivity index (χ1n) is 11.2. The molecule has 0 spiro atoms. The lowest BCUT2D eigenvalue weighted by Gasteiger charge is -2.18. The largest absolute Gasteiger partial charge is 0.477 e. The van der Waals surface area contributed by atoms with Gasteiger partial charge in [0, 0.05) is 17.9 Å². The Hall–Kier alpha value is -3.35. The molecule has 1 fully saturated rings. The zero-order chi connectivity index (χ0) is 22.8. The summed E-state index contributed by atoms with van der Waals surface area (Å²) in [6, 6.07) is 8.96. The molecule has 1 aliphatic carbocycles. The van der Waals surface area contributed by atoms with E-state index in [4.69, 9.17) is 5.73 Å². The van der Waals surface area contributed by atoms with E-state index in [9.17, 15) is 14.7 Å². The van der Waals surface area contributed by atoms with Crippen LogP contribution in [0, 0.1) is 5.82 Å². The number of nitrogens with two attached hydrogens (primary N) is 1. The first kappa shape index (κ1) is 21.9. The Labute approximate surface area is 185 Å². The van der Waals surface area contributed by atoms with E-state index in [2.05, 4.69) is 12.2 Å². The highest BCUT2D eigenvalue weighted by atomic mass is 19.1. The van der Waals surface area contributed by atoms with Gasteiger partial charge in [0.15, 0.2) is 0 Å². The van der Waals surface area contributed by atoms with Gasteiger partial charge in [-0.2, -0.15) is 0 Å². The summed E-state index contributed by atoms with van der Waals surface area (Å²) in [5.74, 6) is -2.03. The minimum absolute atomic E-state index is 0.0141. The van der Waals surface area contributed by atoms with Gasteiger partial charge in [-0.25, -0.2) is 9.18 Å². The van der Waals surface area contributed by atoms with Gasteiger partial charge in [0.1, 0.15) is 17.1 Å². The van der Waals surface area contributed by atoms with E-state index in [1.54, 1.807) is 4.57 Å². The minimum atomic E-state index is -1.33. The molecule has 0 saturated heterocycles. The van der Waals surface area contributed by atoms with Gasteiger partial charge in [0.05, 0.1) is 16.6 Å². The predicted molar refractivity (Wildman–Crippen MR) is 125 cm³/mol. The number of benzene rings is 2. The maximum Gasteiger partial charge on any atom is 0.341 e. The van der Waals surface area contributed by atoms with Crippen LogP contribution in [0.1, 0.15) is 67.4 Å². The van der Waals surface area contributed by atoms with Crippen molar-refractivity contribution in [1.29, 1.82) is 0 Å². The molecule has 0 bridgehead atoms. The summed E-state index contributed by atoms with van der Waals surface area (Å²) < 4.78 is 16.7. The van der Waals surface area contributed by atoms with E-state index >= 15 is 4.39 Å². The summed E-state index contributed by atoms with van der Waals surface area (Å²) in [5.41, 5.74) is 7.72. The van der Waals surface area contributed by atoms with Crippen molar-refractivity contribution < 1.29 is 14.3 Å². The van der Waals surface area contributed by atoms with Gasteiger partial charge in [0.25, 0.3) is 0 Å². The van der Waals surface area contributed by atoms with Crippen molar-refractivity contribution in [3.05, 3.63) is 63.7 Å². The van der Waals surface area contributed by atoms with Crippen LogP contribution < -0.4 is 16.5 Å². The molecule has 2 aromatic carbocycles. The molecule has 4 N–H and O–H groups in total. The molecule has 0 aliphatic heterocycles. The Morgan fingerprint density at radius 1 is 1.22 bits per heavy atom. The van der Waals surface area contributed by atoms with Crippen LogP contribution in [0.5, 0.6) is 0 Å². The zero-order valence-electron chi connectivity index (χ0n) is 18.2. The van der Waals surface area contributed by atoms with E-state index in [-0.39, 0.29) is 28.4 Å². The summed E-state index contributed by atoms with van der Waals surface area (Å²) in [4.78, 5) is 24.2. The number of nitrogens with zero attached hydrogens (tertiary/aromatic N) is 1. The maximum atomic E-state index is 15.0. The number of pyridine rings is 1. The second-order valence-corrected chi connectivity index (χ2v) is 8.49. The van der Waals surface area contributed by atoms with E-state index in [1.165, 1.54) is 31.0 Å². The third-order valence-electron chi connectivity index (χ3n) is 6.02. The number of nitrogens with one attached hydrogen (secondary N) is 1. The van der Waals surface area contributed by atoms with Crippen molar-refractivity contribution in [2.75, 3.05) is 11.1 Å². The average Bonchev–Trinajstić information content (AvgIpc) is 3.61. The monoisotopic (exact) mass is 437 g/mol. The molecule has 32 heavy (non-hydrogen) atoms. The average molecular weight is 438 g/mol. The van der Waals surface area contributed by atoms with Crippen LogP contribution in [0.25, 0.3) is 10.9 Å². The van der Waals surface area contributed by atoms with Gasteiger partial charge in [-0.3, -0.25) is 4.79 Å². The number of hydrogen-bond donors (Lipinski definition) is 3. The van der Waals surface area contributed by atoms with Crippen LogP contribution in [-0.4, -0.2) is 15.6 Å². The number of anilines is 3. The molecule has 4 rings (SSSR count). The fourth-order valence-electron chi connectivity index (χ4n) is 4.09. The van der Waals surface area contributed by atoms with E-state index in [1.807, 2.05) is 24.3 Å². The molecule has 1 saturated carbocycles. The third-order valence-corrected chi connectivity index (χ3v) is 6.02. The predicted octanol–water partition coefficient (Wildman–Crippen LogP) is 5.62. The molecule has 1 heterocycles. The van der Waals surface area contributed by atoms with Crippen LogP contribution in [0.3, 0.4) is 0 Å². The van der Waals surface area contributed by atoms with Gasteiger partial charge in [0.2, 0.25) is 5.43 Å². The molecule has 3 aromatic rings. The fraction of sp³-hybridized carbons (Fsp3) is 0.360. The van der Waals surface area contributed by atoms with Crippen molar-refractivity contribution in [2.45, 2.75) is 57.9 Å². The van der Waals surface area contributed by atoms with Crippen molar-refractivity contribution in [3.8, 4) is 0 Å². The number of fused-ring (bicyclic) bond motifs is 1. The summed E-state index contributed by atoms with van der Waals surface area (Å²) in [7, 11) is 0. The normalized spacial score (nSPS) is 13.4. The second kappa shape index (κ2) is 9.02. The Bertz CT molecular complexity index is 1210. The van der Waals surface area contributed by atoms with Crippen LogP contribution in [0.15, 0.2) is 41.3 Å². The lowest BCUT2D eigenvalue weighted by molar-refractivity contribution is 0.0695. The molecule has 6 nitrogen and oxygen atoms in total. The summed E-state index contributed by atoms with van der Waals surface area (Å²) in [6.45, 7) is 2.19. The van der Waals surface area contributed by atoms with Gasteiger partial charge >= 0.3 is 5.97 Å². The number of aryl methyl sites for hydroxylation is 1. The molecular formula is C25H28FN3O3. The van der Waals surface area contributed by atoms with Gasteiger partial charge < -0.3 is 20.7 Å². The van der Waals surface area contributed by atoms with Gasteiger partial charge in [-0.1, -0.05) is 38.3 Å². The minimum Gasteiger partial charge on any atom is -0.477 e. The Morgan fingerprint density at radius 2 is 1.94 bits per heavy atom. The molecule has 1 aliphatic rings. The van der Waals surface area contributed by atoms with Crippen LogP contribution in [0.2, 0.25) is 0 Å². The van der Waals surface area contributed by atoms with Gasteiger partial charge in [-0.15, -0.1) is 0 Å². The Balaban J connectivity index is 1.68. The molecule has 7 heteroatoms. The number of unbranched alkanes of at least 4 members (excludes halogenated alkanes) is 3. The maximum absolute atomic E-state index is 15.0. The van der Waals surface area contributed by atoms with Crippen LogP contribution in [0.4, 0.5) is 21.5 Å². The summed E-state index contributed by atoms with van der Waals surface area (Å²) in [6.07, 6.45) is 8.84. The zero-order valence-corrected chi connectivity index (χ0v) is 18.2. The standard InChI is InChI=1S/C25H28FN3O3/c1-2-3-4-5-6-15-7-9-16(10-8-15)28-22-20(26)13-18-23(21(22)27)29(17-11-12-17)14-19(24(18)30)25(31)32/h7-10,13-14,17,28H,2-6,11-12,27H2,1H3,(H,31,32). The SMILES string of the molecule is CCCCCCc1ccc(Nc2c(F)cc3c(=O)c(C(=O)O)cn(C4CC4)c3c2N)cc1. The molecule has 1 aromatic heterocycles. The topological polar surface area (TPSA) is 97.4 Å². The molecule has 0 atom stereocenters. The van der Waals surface area contributed by atoms with E-state index in [0.29, 0.717) is 11.2 Å². The second-order valence-electron chi connectivity index (χ2n) is 8.49. The highest BCUT2D eigenvalue weighted by Gasteiger charge is 2.29. The Morgan fingerprint density at radius 3 is 2.56 bits per heavy atom. The first-order valence-corrected chi connectivity index (χ1v) is 11.2. The summed E-state index contributed by atoms with van der Waals surface area (Å²) in [5, 5.41) is 12.4. The number of carboxylic acids is 1. The number of carboxylic acid groups (broad SMARTS) is 1. The quantitative estimate of drug-likeness (QED) is 0.298. The first-order chi connectivity index (χ1) is 15.4. The lowest BCUT2D eigenvalue weighted by Crippen LogP contribution is -2.20. The van der Waals surface area contributed by atoms with Crippen LogP contribution >= 0.6 is 0 Å². The number of carbonyl (C=O) groups is 1. The highest BCUT2D eigenvalue weighted by molar-refractivity contribution is 6.01. The van der Waals surface area contributed by atoms with E-state index < -0.39 is 17.2 Å². The fourth-order valence-corrected chi connectivity index (χ4v) is 4.09. The number of rotatable bonds is 9. The van der Waals surface area contributed by atoms with Crippen molar-refractivity contribution in [3.63, 3.8) is 0 Å². The smallest absolute Gasteiger partial charge is 0.341 e.